The molecule has 1 fully saturated rings. The summed E-state index contributed by atoms with van der Waals surface area (Å²) in [6, 6.07) is 8.60. The molecule has 0 bridgehead atoms. The third-order valence-electron chi connectivity index (χ3n) is 5.73. The quantitative estimate of drug-likeness (QED) is 0.347. The fourth-order valence-corrected chi connectivity index (χ4v) is 3.77. The number of alkyl halides is 3. The number of amides is 2. The lowest BCUT2D eigenvalue weighted by Crippen LogP contribution is -2.38. The van der Waals surface area contributed by atoms with Crippen LogP contribution in [0, 0.1) is 0 Å². The van der Waals surface area contributed by atoms with Crippen molar-refractivity contribution in [3.05, 3.63) is 53.1 Å². The van der Waals surface area contributed by atoms with E-state index in [0.29, 0.717) is 17.8 Å². The van der Waals surface area contributed by atoms with Gasteiger partial charge in [0.2, 0.25) is 0 Å². The van der Waals surface area contributed by atoms with Crippen LogP contribution in [0.3, 0.4) is 0 Å². The zero-order valence-corrected chi connectivity index (χ0v) is 20.2. The van der Waals surface area contributed by atoms with E-state index in [2.05, 4.69) is 20.7 Å². The van der Waals surface area contributed by atoms with Crippen LogP contribution in [0.1, 0.15) is 59.9 Å². The van der Waals surface area contributed by atoms with Crippen LogP contribution in [-0.2, 0) is 10.2 Å². The van der Waals surface area contributed by atoms with E-state index in [9.17, 15) is 27.6 Å². The van der Waals surface area contributed by atoms with Crippen LogP contribution < -0.4 is 26.4 Å². The summed E-state index contributed by atoms with van der Waals surface area (Å²) in [6.45, 7) is 7.06. The SMILES string of the molecule is CC(C)(C)c1ccc(C(=O)Nc2ccc(C(N)=O)c(NC3CCCNC3)c2)c(OC(=O)C(F)(F)F)c1. The van der Waals surface area contributed by atoms with Crippen LogP contribution >= 0.6 is 0 Å². The third-order valence-corrected chi connectivity index (χ3v) is 5.73. The summed E-state index contributed by atoms with van der Waals surface area (Å²) in [4.78, 5) is 36.5. The molecule has 0 saturated carbocycles. The van der Waals surface area contributed by atoms with Crippen molar-refractivity contribution < 1.29 is 32.3 Å². The number of nitrogens with one attached hydrogen (secondary N) is 3. The topological polar surface area (TPSA) is 123 Å². The molecule has 2 aromatic carbocycles. The summed E-state index contributed by atoms with van der Waals surface area (Å²) in [5.41, 5.74) is 6.24. The molecule has 1 atom stereocenters. The lowest BCUT2D eigenvalue weighted by molar-refractivity contribution is -0.189. The van der Waals surface area contributed by atoms with Gasteiger partial charge in [-0.2, -0.15) is 13.2 Å². The molecular formula is C25H29F3N4O4. The first-order valence-electron chi connectivity index (χ1n) is 11.4. The van der Waals surface area contributed by atoms with Gasteiger partial charge >= 0.3 is 12.1 Å². The molecule has 5 N–H and O–H groups in total. The number of primary amides is 1. The number of anilines is 2. The molecule has 11 heteroatoms. The third kappa shape index (κ3) is 6.75. The number of ether oxygens (including phenoxy) is 1. The first kappa shape index (κ1) is 27.0. The van der Waals surface area contributed by atoms with Crippen LogP contribution in [0.2, 0.25) is 0 Å². The second-order valence-corrected chi connectivity index (χ2v) is 9.61. The van der Waals surface area contributed by atoms with E-state index < -0.39 is 35.1 Å². The van der Waals surface area contributed by atoms with Gasteiger partial charge in [-0.25, -0.2) is 4.79 Å². The van der Waals surface area contributed by atoms with E-state index in [1.54, 1.807) is 6.07 Å². The molecule has 0 radical (unpaired) electrons. The van der Waals surface area contributed by atoms with Crippen LogP contribution in [0.25, 0.3) is 0 Å². The number of hydrogen-bond acceptors (Lipinski definition) is 6. The number of halogens is 3. The molecule has 1 heterocycles. The fourth-order valence-electron chi connectivity index (χ4n) is 3.77. The average molecular weight is 507 g/mol. The molecule has 194 valence electrons. The van der Waals surface area contributed by atoms with E-state index in [0.717, 1.165) is 19.4 Å². The van der Waals surface area contributed by atoms with Gasteiger partial charge in [-0.05, 0) is 60.7 Å². The maximum Gasteiger partial charge on any atom is 0.491 e. The number of esters is 1. The first-order valence-corrected chi connectivity index (χ1v) is 11.4. The number of rotatable bonds is 6. The molecule has 1 aliphatic rings. The monoisotopic (exact) mass is 506 g/mol. The minimum absolute atomic E-state index is 0.0427. The summed E-state index contributed by atoms with van der Waals surface area (Å²) in [5.74, 6) is -4.39. The van der Waals surface area contributed by atoms with E-state index in [1.165, 1.54) is 30.3 Å². The van der Waals surface area contributed by atoms with Crippen LogP contribution in [0.4, 0.5) is 24.5 Å². The molecule has 1 unspecified atom stereocenters. The summed E-state index contributed by atoms with van der Waals surface area (Å²) in [5, 5.41) is 9.10. The molecule has 1 saturated heterocycles. The number of nitrogens with two attached hydrogens (primary N) is 1. The lowest BCUT2D eigenvalue weighted by Gasteiger charge is -2.26. The minimum Gasteiger partial charge on any atom is -0.419 e. The number of carbonyl (C=O) groups is 3. The zero-order valence-electron chi connectivity index (χ0n) is 20.2. The van der Waals surface area contributed by atoms with Gasteiger partial charge in [-0.15, -0.1) is 0 Å². The minimum atomic E-state index is -5.23. The highest BCUT2D eigenvalue weighted by atomic mass is 19.4. The number of piperidine rings is 1. The van der Waals surface area contributed by atoms with Gasteiger partial charge in [0.05, 0.1) is 11.1 Å². The molecule has 0 aromatic heterocycles. The Morgan fingerprint density at radius 2 is 1.75 bits per heavy atom. The smallest absolute Gasteiger partial charge is 0.419 e. The molecule has 0 spiro atoms. The molecule has 36 heavy (non-hydrogen) atoms. The summed E-state index contributed by atoms with van der Waals surface area (Å²) >= 11 is 0. The van der Waals surface area contributed by atoms with Gasteiger partial charge in [-0.1, -0.05) is 26.8 Å². The van der Waals surface area contributed by atoms with Crippen molar-refractivity contribution in [2.45, 2.75) is 51.2 Å². The van der Waals surface area contributed by atoms with Crippen LogP contribution in [0.15, 0.2) is 36.4 Å². The maximum atomic E-state index is 13.0. The van der Waals surface area contributed by atoms with Crippen molar-refractivity contribution in [3.8, 4) is 5.75 Å². The van der Waals surface area contributed by atoms with Gasteiger partial charge < -0.3 is 26.4 Å². The number of hydrogen-bond donors (Lipinski definition) is 4. The summed E-state index contributed by atoms with van der Waals surface area (Å²) in [7, 11) is 0. The average Bonchev–Trinajstić information content (AvgIpc) is 2.78. The first-order chi connectivity index (χ1) is 16.8. The van der Waals surface area contributed by atoms with Crippen molar-refractivity contribution in [2.24, 2.45) is 5.73 Å². The van der Waals surface area contributed by atoms with Gasteiger partial charge in [0.15, 0.2) is 0 Å². The van der Waals surface area contributed by atoms with Crippen molar-refractivity contribution >= 4 is 29.2 Å². The Morgan fingerprint density at radius 3 is 2.33 bits per heavy atom. The maximum absolute atomic E-state index is 13.0. The van der Waals surface area contributed by atoms with E-state index >= 15 is 0 Å². The highest BCUT2D eigenvalue weighted by Gasteiger charge is 2.42. The Bertz CT molecular complexity index is 1150. The van der Waals surface area contributed by atoms with Gasteiger partial charge in [0.1, 0.15) is 5.75 Å². The highest BCUT2D eigenvalue weighted by molar-refractivity contribution is 6.07. The molecule has 8 nitrogen and oxygen atoms in total. The lowest BCUT2D eigenvalue weighted by atomic mass is 9.86. The highest BCUT2D eigenvalue weighted by Crippen LogP contribution is 2.31. The van der Waals surface area contributed by atoms with E-state index in [1.807, 2.05) is 20.8 Å². The Kier molecular flexibility index (Phi) is 7.92. The Labute approximate surface area is 206 Å². The van der Waals surface area contributed by atoms with E-state index in [4.69, 9.17) is 5.73 Å². The Hall–Kier alpha value is -3.60. The van der Waals surface area contributed by atoms with Crippen LogP contribution in [0.5, 0.6) is 5.75 Å². The zero-order chi connectivity index (χ0) is 26.7. The number of carbonyl (C=O) groups excluding carboxylic acids is 3. The van der Waals surface area contributed by atoms with Crippen molar-refractivity contribution in [3.63, 3.8) is 0 Å². The second kappa shape index (κ2) is 10.6. The Morgan fingerprint density at radius 1 is 1.06 bits per heavy atom. The number of benzene rings is 2. The van der Waals surface area contributed by atoms with Crippen LogP contribution in [-0.4, -0.2) is 43.1 Å². The van der Waals surface area contributed by atoms with Crippen molar-refractivity contribution in [2.75, 3.05) is 23.7 Å². The molecule has 3 rings (SSSR count). The van der Waals surface area contributed by atoms with Crippen molar-refractivity contribution in [1.82, 2.24) is 5.32 Å². The normalized spacial score (nSPS) is 16.2. The molecular weight excluding hydrogens is 477 g/mol. The van der Waals surface area contributed by atoms with Gasteiger partial charge in [-0.3, -0.25) is 9.59 Å². The summed E-state index contributed by atoms with van der Waals surface area (Å²) in [6.07, 6.45) is -3.41. The van der Waals surface area contributed by atoms with E-state index in [-0.39, 0.29) is 22.9 Å². The summed E-state index contributed by atoms with van der Waals surface area (Å²) < 4.78 is 43.2. The molecule has 1 aliphatic heterocycles. The van der Waals surface area contributed by atoms with Gasteiger partial charge in [0, 0.05) is 24.0 Å². The predicted octanol–water partition coefficient (Wildman–Crippen LogP) is 3.97. The second-order valence-electron chi connectivity index (χ2n) is 9.61. The largest absolute Gasteiger partial charge is 0.491 e. The van der Waals surface area contributed by atoms with Crippen molar-refractivity contribution in [1.29, 1.82) is 0 Å². The standard InChI is InChI=1S/C25H29F3N4O4/c1-24(2,3)14-6-8-18(20(11-14)36-23(35)25(26,27)28)22(34)32-15-7-9-17(21(29)33)19(12-15)31-16-5-4-10-30-13-16/h6-9,11-12,16,30-31H,4-5,10,13H2,1-3H3,(H2,29,33)(H,32,34). The molecule has 2 aromatic rings. The fraction of sp³-hybridized carbons (Fsp3) is 0.400. The van der Waals surface area contributed by atoms with Gasteiger partial charge in [0.25, 0.3) is 11.8 Å². The Balaban J connectivity index is 1.91. The molecule has 2 amide bonds. The predicted molar refractivity (Wildman–Crippen MR) is 129 cm³/mol. The molecule has 0 aliphatic carbocycles.